The van der Waals surface area contributed by atoms with Crippen LogP contribution < -0.4 is 5.32 Å². The van der Waals surface area contributed by atoms with E-state index in [-0.39, 0.29) is 0 Å². The molecule has 0 saturated heterocycles. The van der Waals surface area contributed by atoms with Crippen LogP contribution in [0.25, 0.3) is 0 Å². The molecule has 2 unspecified atom stereocenters. The average Bonchev–Trinajstić information content (AvgIpc) is 2.65. The highest BCUT2D eigenvalue weighted by molar-refractivity contribution is 5.05. The molecule has 1 saturated carbocycles. The minimum Gasteiger partial charge on any atom is -0.349 e. The Morgan fingerprint density at radius 3 is 2.87 bits per heavy atom. The molecule has 3 heteroatoms. The van der Waals surface area contributed by atoms with E-state index >= 15 is 0 Å². The second kappa shape index (κ2) is 3.97. The molecule has 1 aliphatic rings. The zero-order chi connectivity index (χ0) is 10.9. The Labute approximate surface area is 91.7 Å². The summed E-state index contributed by atoms with van der Waals surface area (Å²) < 4.78 is 0. The molecule has 15 heavy (non-hydrogen) atoms. The van der Waals surface area contributed by atoms with Gasteiger partial charge in [0.15, 0.2) is 0 Å². The van der Waals surface area contributed by atoms with E-state index in [4.69, 9.17) is 0 Å². The number of rotatable bonds is 5. The third-order valence-corrected chi connectivity index (χ3v) is 3.51. The Kier molecular flexibility index (Phi) is 2.83. The Hall–Kier alpha value is -0.830. The summed E-state index contributed by atoms with van der Waals surface area (Å²) in [6.45, 7) is 7.91. The number of nitrogens with one attached hydrogen (secondary N) is 2. The van der Waals surface area contributed by atoms with E-state index in [0.717, 1.165) is 24.7 Å². The van der Waals surface area contributed by atoms with Crippen LogP contribution in [0, 0.1) is 11.3 Å². The van der Waals surface area contributed by atoms with Gasteiger partial charge in [-0.1, -0.05) is 20.8 Å². The van der Waals surface area contributed by atoms with Crippen molar-refractivity contribution >= 4 is 0 Å². The minimum absolute atomic E-state index is 0.527. The number of hydrogen-bond donors (Lipinski definition) is 2. The normalized spacial score (nSPS) is 25.1. The van der Waals surface area contributed by atoms with Crippen molar-refractivity contribution < 1.29 is 0 Å². The first-order chi connectivity index (χ1) is 7.13. The maximum Gasteiger partial charge on any atom is 0.107 e. The molecule has 3 nitrogen and oxygen atoms in total. The van der Waals surface area contributed by atoms with Gasteiger partial charge in [0.2, 0.25) is 0 Å². The largest absolute Gasteiger partial charge is 0.349 e. The average molecular weight is 207 g/mol. The first kappa shape index (κ1) is 10.7. The van der Waals surface area contributed by atoms with Crippen molar-refractivity contribution in [1.82, 2.24) is 15.3 Å². The molecule has 0 radical (unpaired) electrons. The van der Waals surface area contributed by atoms with E-state index in [9.17, 15) is 0 Å². The van der Waals surface area contributed by atoms with Crippen LogP contribution in [0.3, 0.4) is 0 Å². The molecular weight excluding hydrogens is 186 g/mol. The van der Waals surface area contributed by atoms with Gasteiger partial charge in [-0.15, -0.1) is 0 Å². The number of aromatic amines is 1. The van der Waals surface area contributed by atoms with Crippen LogP contribution in [-0.2, 0) is 6.42 Å². The van der Waals surface area contributed by atoms with Crippen molar-refractivity contribution in [3.63, 3.8) is 0 Å². The van der Waals surface area contributed by atoms with E-state index in [2.05, 4.69) is 36.1 Å². The second-order valence-electron chi connectivity index (χ2n) is 5.20. The molecule has 2 N–H and O–H groups in total. The van der Waals surface area contributed by atoms with E-state index in [1.165, 1.54) is 6.42 Å². The van der Waals surface area contributed by atoms with Crippen molar-refractivity contribution in [2.75, 3.05) is 6.54 Å². The lowest BCUT2D eigenvalue weighted by molar-refractivity contribution is 0.405. The monoisotopic (exact) mass is 207 g/mol. The number of imidazole rings is 1. The van der Waals surface area contributed by atoms with Gasteiger partial charge in [-0.05, 0) is 24.3 Å². The lowest BCUT2D eigenvalue weighted by atomic mass is 10.0. The highest BCUT2D eigenvalue weighted by Gasteiger charge is 2.49. The number of hydrogen-bond acceptors (Lipinski definition) is 2. The van der Waals surface area contributed by atoms with Gasteiger partial charge in [0.05, 0.1) is 0 Å². The summed E-state index contributed by atoms with van der Waals surface area (Å²) in [6.07, 6.45) is 6.09. The maximum absolute atomic E-state index is 4.30. The standard InChI is InChI=1S/C12H21N3/c1-4-13-10(9-8-12(9,2)3)7-11-14-5-6-15-11/h5-6,9-10,13H,4,7-8H2,1-3H3,(H,14,15). The molecule has 0 aliphatic heterocycles. The van der Waals surface area contributed by atoms with Gasteiger partial charge in [0, 0.05) is 24.9 Å². The van der Waals surface area contributed by atoms with Crippen LogP contribution in [0.4, 0.5) is 0 Å². The van der Waals surface area contributed by atoms with E-state index in [1.807, 2.05) is 12.4 Å². The third kappa shape index (κ3) is 2.40. The summed E-state index contributed by atoms with van der Waals surface area (Å²) in [4.78, 5) is 7.49. The van der Waals surface area contributed by atoms with Crippen LogP contribution in [-0.4, -0.2) is 22.6 Å². The summed E-state index contributed by atoms with van der Waals surface area (Å²) in [5.74, 6) is 1.91. The number of nitrogens with zero attached hydrogens (tertiary/aromatic N) is 1. The third-order valence-electron chi connectivity index (χ3n) is 3.51. The summed E-state index contributed by atoms with van der Waals surface area (Å²) in [5, 5.41) is 3.58. The number of aromatic nitrogens is 2. The fourth-order valence-electron chi connectivity index (χ4n) is 2.43. The second-order valence-corrected chi connectivity index (χ2v) is 5.20. The lowest BCUT2D eigenvalue weighted by Crippen LogP contribution is -2.34. The zero-order valence-corrected chi connectivity index (χ0v) is 9.88. The van der Waals surface area contributed by atoms with Crippen LogP contribution in [0.2, 0.25) is 0 Å². The lowest BCUT2D eigenvalue weighted by Gasteiger charge is -2.18. The first-order valence-electron chi connectivity index (χ1n) is 5.85. The SMILES string of the molecule is CCNC(Cc1ncc[nH]1)C1CC1(C)C. The Balaban J connectivity index is 1.96. The molecule has 1 aliphatic carbocycles. The van der Waals surface area contributed by atoms with E-state index in [0.29, 0.717) is 11.5 Å². The zero-order valence-electron chi connectivity index (χ0n) is 9.88. The summed E-state index contributed by atoms with van der Waals surface area (Å²) >= 11 is 0. The predicted octanol–water partition coefficient (Wildman–Crippen LogP) is 1.98. The Morgan fingerprint density at radius 2 is 2.40 bits per heavy atom. The summed E-state index contributed by atoms with van der Waals surface area (Å²) in [7, 11) is 0. The Morgan fingerprint density at radius 1 is 1.67 bits per heavy atom. The van der Waals surface area contributed by atoms with Gasteiger partial charge in [-0.2, -0.15) is 0 Å². The quantitative estimate of drug-likeness (QED) is 0.775. The van der Waals surface area contributed by atoms with E-state index < -0.39 is 0 Å². The van der Waals surface area contributed by atoms with Gasteiger partial charge < -0.3 is 10.3 Å². The van der Waals surface area contributed by atoms with Crippen molar-refractivity contribution in [3.8, 4) is 0 Å². The highest BCUT2D eigenvalue weighted by Crippen LogP contribution is 2.53. The molecular formula is C12H21N3. The van der Waals surface area contributed by atoms with Crippen molar-refractivity contribution in [2.45, 2.75) is 39.7 Å². The molecule has 1 aromatic rings. The molecule has 1 heterocycles. The van der Waals surface area contributed by atoms with Crippen molar-refractivity contribution in [3.05, 3.63) is 18.2 Å². The first-order valence-corrected chi connectivity index (χ1v) is 5.85. The molecule has 2 atom stereocenters. The summed E-state index contributed by atoms with van der Waals surface area (Å²) in [5.41, 5.74) is 0.527. The van der Waals surface area contributed by atoms with Gasteiger partial charge in [0.25, 0.3) is 0 Å². The van der Waals surface area contributed by atoms with Gasteiger partial charge in [-0.3, -0.25) is 0 Å². The maximum atomic E-state index is 4.30. The van der Waals surface area contributed by atoms with Gasteiger partial charge in [-0.25, -0.2) is 4.98 Å². The molecule has 84 valence electrons. The molecule has 0 aromatic carbocycles. The molecule has 0 amide bonds. The Bertz CT molecular complexity index is 303. The fraction of sp³-hybridized carbons (Fsp3) is 0.750. The highest BCUT2D eigenvalue weighted by atomic mass is 15.0. The van der Waals surface area contributed by atoms with Crippen LogP contribution in [0.1, 0.15) is 33.0 Å². The van der Waals surface area contributed by atoms with Gasteiger partial charge in [0.1, 0.15) is 5.82 Å². The van der Waals surface area contributed by atoms with Crippen LogP contribution in [0.5, 0.6) is 0 Å². The van der Waals surface area contributed by atoms with Crippen LogP contribution >= 0.6 is 0 Å². The molecule has 0 spiro atoms. The van der Waals surface area contributed by atoms with Gasteiger partial charge >= 0.3 is 0 Å². The minimum atomic E-state index is 0.527. The molecule has 2 rings (SSSR count). The molecule has 0 bridgehead atoms. The fourth-order valence-corrected chi connectivity index (χ4v) is 2.43. The van der Waals surface area contributed by atoms with E-state index in [1.54, 1.807) is 0 Å². The van der Waals surface area contributed by atoms with Crippen LogP contribution in [0.15, 0.2) is 12.4 Å². The number of H-pyrrole nitrogens is 1. The van der Waals surface area contributed by atoms with Crippen molar-refractivity contribution in [1.29, 1.82) is 0 Å². The van der Waals surface area contributed by atoms with Crippen molar-refractivity contribution in [2.24, 2.45) is 11.3 Å². The number of likely N-dealkylation sites (N-methyl/N-ethyl adjacent to an activating group) is 1. The molecule has 1 fully saturated rings. The molecule has 1 aromatic heterocycles. The smallest absolute Gasteiger partial charge is 0.107 e. The summed E-state index contributed by atoms with van der Waals surface area (Å²) in [6, 6.07) is 0.580. The predicted molar refractivity (Wildman–Crippen MR) is 61.6 cm³/mol. The topological polar surface area (TPSA) is 40.7 Å².